The molecule has 0 aromatic carbocycles. The van der Waals surface area contributed by atoms with Crippen molar-refractivity contribution in [2.45, 2.75) is 44.9 Å². The number of piperidine rings is 1. The summed E-state index contributed by atoms with van der Waals surface area (Å²) in [6, 6.07) is 0. The number of hydrogen-bond acceptors (Lipinski definition) is 3. The maximum atomic E-state index is 4.80. The van der Waals surface area contributed by atoms with E-state index in [1.807, 2.05) is 11.3 Å². The molecule has 0 radical (unpaired) electrons. The molecule has 1 fully saturated rings. The van der Waals surface area contributed by atoms with Crippen molar-refractivity contribution in [3.8, 4) is 0 Å². The van der Waals surface area contributed by atoms with Gasteiger partial charge in [-0.2, -0.15) is 0 Å². The summed E-state index contributed by atoms with van der Waals surface area (Å²) in [4.78, 5) is 4.80. The molecule has 1 aliphatic rings. The summed E-state index contributed by atoms with van der Waals surface area (Å²) >= 11 is 1.84. The molecule has 0 atom stereocenters. The molecule has 0 bridgehead atoms. The normalized spacial score (nSPS) is 19.4. The lowest BCUT2D eigenvalue weighted by Crippen LogP contribution is -2.26. The summed E-state index contributed by atoms with van der Waals surface area (Å²) in [6.45, 7) is 8.99. The second kappa shape index (κ2) is 4.22. The Morgan fingerprint density at radius 1 is 1.33 bits per heavy atom. The number of aromatic nitrogens is 1. The zero-order valence-corrected chi connectivity index (χ0v) is 10.7. The molecule has 2 nitrogen and oxygen atoms in total. The van der Waals surface area contributed by atoms with E-state index in [2.05, 4.69) is 31.5 Å². The van der Waals surface area contributed by atoms with Crippen LogP contribution in [-0.4, -0.2) is 18.1 Å². The largest absolute Gasteiger partial charge is 0.317 e. The summed E-state index contributed by atoms with van der Waals surface area (Å²) in [6.07, 6.45) is 2.49. The number of thiazole rings is 1. The lowest BCUT2D eigenvalue weighted by molar-refractivity contribution is 0.456. The van der Waals surface area contributed by atoms with E-state index < -0.39 is 0 Å². The van der Waals surface area contributed by atoms with Crippen molar-refractivity contribution in [1.29, 1.82) is 0 Å². The molecule has 1 aromatic rings. The second-order valence-electron chi connectivity index (χ2n) is 5.35. The number of rotatable bonds is 1. The lowest BCUT2D eigenvalue weighted by Gasteiger charge is -2.20. The predicted octanol–water partition coefficient (Wildman–Crippen LogP) is 2.91. The van der Waals surface area contributed by atoms with E-state index in [0.29, 0.717) is 5.92 Å². The van der Waals surface area contributed by atoms with Crippen LogP contribution in [0.1, 0.15) is 50.2 Å². The van der Waals surface area contributed by atoms with E-state index in [1.165, 1.54) is 23.5 Å². The van der Waals surface area contributed by atoms with E-state index in [9.17, 15) is 0 Å². The Hall–Kier alpha value is -0.410. The summed E-state index contributed by atoms with van der Waals surface area (Å²) in [7, 11) is 0. The van der Waals surface area contributed by atoms with Crippen molar-refractivity contribution in [1.82, 2.24) is 10.3 Å². The van der Waals surface area contributed by atoms with Gasteiger partial charge in [0, 0.05) is 16.7 Å². The highest BCUT2D eigenvalue weighted by atomic mass is 32.1. The molecule has 1 N–H and O–H groups in total. The standard InChI is InChI=1S/C12H20N2S/c1-12(2,3)10-8-15-11(14-10)9-4-6-13-7-5-9/h8-9,13H,4-7H2,1-3H3. The Kier molecular flexibility index (Phi) is 3.12. The molecule has 0 spiro atoms. The molecule has 0 saturated carbocycles. The average molecular weight is 224 g/mol. The van der Waals surface area contributed by atoms with E-state index in [4.69, 9.17) is 4.98 Å². The first-order valence-electron chi connectivity index (χ1n) is 5.74. The van der Waals surface area contributed by atoms with Gasteiger partial charge in [0.15, 0.2) is 0 Å². The van der Waals surface area contributed by atoms with E-state index in [0.717, 1.165) is 13.1 Å². The van der Waals surface area contributed by atoms with Gasteiger partial charge in [0.2, 0.25) is 0 Å². The van der Waals surface area contributed by atoms with Crippen molar-refractivity contribution in [3.63, 3.8) is 0 Å². The minimum atomic E-state index is 0.196. The number of nitrogens with one attached hydrogen (secondary N) is 1. The van der Waals surface area contributed by atoms with Gasteiger partial charge in [-0.1, -0.05) is 20.8 Å². The Labute approximate surface area is 96.1 Å². The molecule has 0 unspecified atom stereocenters. The molecule has 0 amide bonds. The van der Waals surface area contributed by atoms with Crippen LogP contribution in [0.4, 0.5) is 0 Å². The van der Waals surface area contributed by atoms with Crippen LogP contribution >= 0.6 is 11.3 Å². The summed E-state index contributed by atoms with van der Waals surface area (Å²) in [5.41, 5.74) is 1.45. The maximum absolute atomic E-state index is 4.80. The zero-order chi connectivity index (χ0) is 10.9. The third kappa shape index (κ3) is 2.58. The van der Waals surface area contributed by atoms with Crippen LogP contribution in [0.15, 0.2) is 5.38 Å². The van der Waals surface area contributed by atoms with Gasteiger partial charge in [0.1, 0.15) is 0 Å². The van der Waals surface area contributed by atoms with Crippen LogP contribution in [0.25, 0.3) is 0 Å². The minimum absolute atomic E-state index is 0.196. The van der Waals surface area contributed by atoms with Crippen LogP contribution in [-0.2, 0) is 5.41 Å². The second-order valence-corrected chi connectivity index (χ2v) is 6.23. The van der Waals surface area contributed by atoms with Gasteiger partial charge in [0.25, 0.3) is 0 Å². The van der Waals surface area contributed by atoms with Gasteiger partial charge >= 0.3 is 0 Å². The Morgan fingerprint density at radius 2 is 2.00 bits per heavy atom. The molecule has 2 rings (SSSR count). The number of hydrogen-bond donors (Lipinski definition) is 1. The predicted molar refractivity (Wildman–Crippen MR) is 65.7 cm³/mol. The van der Waals surface area contributed by atoms with Crippen molar-refractivity contribution in [2.24, 2.45) is 0 Å². The Balaban J connectivity index is 2.12. The maximum Gasteiger partial charge on any atom is 0.0960 e. The summed E-state index contributed by atoms with van der Waals surface area (Å²) < 4.78 is 0. The fourth-order valence-corrected chi connectivity index (χ4v) is 3.11. The van der Waals surface area contributed by atoms with Crippen molar-refractivity contribution in [2.75, 3.05) is 13.1 Å². The van der Waals surface area contributed by atoms with Crippen LogP contribution in [0.3, 0.4) is 0 Å². The molecule has 0 aliphatic carbocycles. The molecular formula is C12H20N2S. The Morgan fingerprint density at radius 3 is 2.53 bits per heavy atom. The molecule has 1 aromatic heterocycles. The monoisotopic (exact) mass is 224 g/mol. The van der Waals surface area contributed by atoms with E-state index in [1.54, 1.807) is 0 Å². The third-order valence-electron chi connectivity index (χ3n) is 2.98. The smallest absolute Gasteiger partial charge is 0.0960 e. The highest BCUT2D eigenvalue weighted by Gasteiger charge is 2.22. The molecule has 1 aliphatic heterocycles. The van der Waals surface area contributed by atoms with Gasteiger partial charge in [-0.05, 0) is 25.9 Å². The Bertz CT molecular complexity index is 319. The third-order valence-corrected chi connectivity index (χ3v) is 3.99. The lowest BCUT2D eigenvalue weighted by atomic mass is 9.93. The molecular weight excluding hydrogens is 204 g/mol. The highest BCUT2D eigenvalue weighted by Crippen LogP contribution is 2.31. The first kappa shape index (κ1) is 11.1. The van der Waals surface area contributed by atoms with E-state index >= 15 is 0 Å². The first-order valence-corrected chi connectivity index (χ1v) is 6.62. The zero-order valence-electron chi connectivity index (χ0n) is 9.84. The molecule has 84 valence electrons. The fourth-order valence-electron chi connectivity index (χ4n) is 1.89. The van der Waals surface area contributed by atoms with Gasteiger partial charge in [-0.25, -0.2) is 4.98 Å². The van der Waals surface area contributed by atoms with Crippen LogP contribution in [0.2, 0.25) is 0 Å². The van der Waals surface area contributed by atoms with Gasteiger partial charge in [-0.3, -0.25) is 0 Å². The van der Waals surface area contributed by atoms with Gasteiger partial charge in [-0.15, -0.1) is 11.3 Å². The number of nitrogens with zero attached hydrogens (tertiary/aromatic N) is 1. The molecule has 2 heterocycles. The molecule has 3 heteroatoms. The topological polar surface area (TPSA) is 24.9 Å². The van der Waals surface area contributed by atoms with E-state index in [-0.39, 0.29) is 5.41 Å². The first-order chi connectivity index (χ1) is 7.07. The van der Waals surface area contributed by atoms with Gasteiger partial charge in [0.05, 0.1) is 10.7 Å². The minimum Gasteiger partial charge on any atom is -0.317 e. The van der Waals surface area contributed by atoms with Crippen LogP contribution in [0, 0.1) is 0 Å². The van der Waals surface area contributed by atoms with Gasteiger partial charge < -0.3 is 5.32 Å². The van der Waals surface area contributed by atoms with Crippen LogP contribution < -0.4 is 5.32 Å². The fraction of sp³-hybridized carbons (Fsp3) is 0.750. The van der Waals surface area contributed by atoms with Crippen molar-refractivity contribution >= 4 is 11.3 Å². The van der Waals surface area contributed by atoms with Crippen molar-refractivity contribution < 1.29 is 0 Å². The van der Waals surface area contributed by atoms with Crippen LogP contribution in [0.5, 0.6) is 0 Å². The highest BCUT2D eigenvalue weighted by molar-refractivity contribution is 7.09. The summed E-state index contributed by atoms with van der Waals surface area (Å²) in [5, 5.41) is 6.98. The molecule has 1 saturated heterocycles. The molecule has 15 heavy (non-hydrogen) atoms. The summed E-state index contributed by atoms with van der Waals surface area (Å²) in [5.74, 6) is 0.701. The quantitative estimate of drug-likeness (QED) is 0.793. The average Bonchev–Trinajstić information content (AvgIpc) is 2.67. The SMILES string of the molecule is CC(C)(C)c1csc(C2CCNCC2)n1. The van der Waals surface area contributed by atoms with Crippen molar-refractivity contribution in [3.05, 3.63) is 16.1 Å².